The molecule has 5 heteroatoms. The predicted molar refractivity (Wildman–Crippen MR) is 91.6 cm³/mol. The highest BCUT2D eigenvalue weighted by Crippen LogP contribution is 2.36. The maximum atomic E-state index is 13.2. The summed E-state index contributed by atoms with van der Waals surface area (Å²) in [6, 6.07) is 10.7. The Bertz CT molecular complexity index is 763. The fourth-order valence-electron chi connectivity index (χ4n) is 2.86. The first-order valence-corrected chi connectivity index (χ1v) is 7.92. The van der Waals surface area contributed by atoms with Gasteiger partial charge < -0.3 is 10.2 Å². The van der Waals surface area contributed by atoms with E-state index < -0.39 is 5.82 Å². The molecule has 0 fully saturated rings. The number of anilines is 2. The van der Waals surface area contributed by atoms with Crippen molar-refractivity contribution in [1.29, 1.82) is 0 Å². The number of amides is 1. The van der Waals surface area contributed by atoms with E-state index in [2.05, 4.69) is 18.3 Å². The second-order valence-electron chi connectivity index (χ2n) is 5.93. The molecule has 1 aliphatic heterocycles. The third-order valence-electron chi connectivity index (χ3n) is 4.26. The Hall–Kier alpha value is -2.07. The molecule has 3 rings (SSSR count). The monoisotopic (exact) mass is 332 g/mol. The SMILES string of the molecule is CC1CC(=O)N(C)c2ccc(NCc3ccc(F)c(Cl)c3)cc21. The Labute approximate surface area is 140 Å². The largest absolute Gasteiger partial charge is 0.381 e. The van der Waals surface area contributed by atoms with Crippen molar-refractivity contribution < 1.29 is 9.18 Å². The van der Waals surface area contributed by atoms with Crippen LogP contribution < -0.4 is 10.2 Å². The molecule has 1 amide bonds. The van der Waals surface area contributed by atoms with Crippen LogP contribution in [0.25, 0.3) is 0 Å². The molecule has 1 atom stereocenters. The van der Waals surface area contributed by atoms with E-state index in [1.165, 1.54) is 6.07 Å². The van der Waals surface area contributed by atoms with Gasteiger partial charge in [-0.1, -0.05) is 24.6 Å². The number of nitrogens with one attached hydrogen (secondary N) is 1. The molecule has 1 N–H and O–H groups in total. The minimum Gasteiger partial charge on any atom is -0.381 e. The van der Waals surface area contributed by atoms with Crippen molar-refractivity contribution in [2.45, 2.75) is 25.8 Å². The van der Waals surface area contributed by atoms with Gasteiger partial charge in [-0.05, 0) is 47.4 Å². The number of benzene rings is 2. The van der Waals surface area contributed by atoms with Crippen molar-refractivity contribution in [3.8, 4) is 0 Å². The number of halogens is 2. The maximum absolute atomic E-state index is 13.2. The van der Waals surface area contributed by atoms with Gasteiger partial charge in [0.1, 0.15) is 5.82 Å². The number of rotatable bonds is 3. The molecule has 0 saturated carbocycles. The van der Waals surface area contributed by atoms with Crippen molar-refractivity contribution in [1.82, 2.24) is 0 Å². The van der Waals surface area contributed by atoms with Crippen LogP contribution in [0.5, 0.6) is 0 Å². The first-order chi connectivity index (χ1) is 11.0. The number of hydrogen-bond donors (Lipinski definition) is 1. The van der Waals surface area contributed by atoms with Crippen LogP contribution in [-0.2, 0) is 11.3 Å². The van der Waals surface area contributed by atoms with E-state index in [0.717, 1.165) is 22.5 Å². The first kappa shape index (κ1) is 15.8. The lowest BCUT2D eigenvalue weighted by atomic mass is 9.91. The van der Waals surface area contributed by atoms with Gasteiger partial charge in [-0.2, -0.15) is 0 Å². The summed E-state index contributed by atoms with van der Waals surface area (Å²) >= 11 is 5.80. The van der Waals surface area contributed by atoms with E-state index in [1.54, 1.807) is 24.1 Å². The summed E-state index contributed by atoms with van der Waals surface area (Å²) in [6.45, 7) is 2.62. The van der Waals surface area contributed by atoms with Crippen LogP contribution in [0.15, 0.2) is 36.4 Å². The molecule has 3 nitrogen and oxygen atoms in total. The molecule has 0 aromatic heterocycles. The standard InChI is InChI=1S/C18H18ClFN2O/c1-11-7-18(23)22(2)17-6-4-13(9-14(11)17)21-10-12-3-5-16(20)15(19)8-12/h3-6,8-9,11,21H,7,10H2,1-2H3. The Morgan fingerprint density at radius 3 is 2.83 bits per heavy atom. The second kappa shape index (κ2) is 6.20. The van der Waals surface area contributed by atoms with Crippen LogP contribution in [0, 0.1) is 5.82 Å². The van der Waals surface area contributed by atoms with Gasteiger partial charge in [0.05, 0.1) is 5.02 Å². The van der Waals surface area contributed by atoms with Gasteiger partial charge in [0, 0.05) is 31.4 Å². The van der Waals surface area contributed by atoms with Gasteiger partial charge in [0.25, 0.3) is 0 Å². The molecule has 0 bridgehead atoms. The molecule has 1 aliphatic rings. The predicted octanol–water partition coefficient (Wildman–Crippen LogP) is 4.56. The van der Waals surface area contributed by atoms with E-state index >= 15 is 0 Å². The number of fused-ring (bicyclic) bond motifs is 1. The molecular weight excluding hydrogens is 315 g/mol. The summed E-state index contributed by atoms with van der Waals surface area (Å²) in [4.78, 5) is 13.6. The highest BCUT2D eigenvalue weighted by Gasteiger charge is 2.26. The molecular formula is C18H18ClFN2O. The van der Waals surface area contributed by atoms with E-state index in [0.29, 0.717) is 13.0 Å². The fraction of sp³-hybridized carbons (Fsp3) is 0.278. The quantitative estimate of drug-likeness (QED) is 0.893. The zero-order chi connectivity index (χ0) is 16.6. The van der Waals surface area contributed by atoms with Gasteiger partial charge >= 0.3 is 0 Å². The summed E-state index contributed by atoms with van der Waals surface area (Å²) in [5, 5.41) is 3.45. The first-order valence-electron chi connectivity index (χ1n) is 7.54. The molecule has 0 saturated heterocycles. The second-order valence-corrected chi connectivity index (χ2v) is 6.34. The van der Waals surface area contributed by atoms with Crippen molar-refractivity contribution in [3.05, 3.63) is 58.4 Å². The zero-order valence-electron chi connectivity index (χ0n) is 13.1. The van der Waals surface area contributed by atoms with E-state index in [9.17, 15) is 9.18 Å². The third kappa shape index (κ3) is 3.17. The molecule has 0 spiro atoms. The molecule has 23 heavy (non-hydrogen) atoms. The number of carbonyl (C=O) groups is 1. The van der Waals surface area contributed by atoms with E-state index in [-0.39, 0.29) is 16.8 Å². The molecule has 120 valence electrons. The number of hydrogen-bond acceptors (Lipinski definition) is 2. The highest BCUT2D eigenvalue weighted by molar-refractivity contribution is 6.30. The molecule has 2 aromatic carbocycles. The van der Waals surface area contributed by atoms with Crippen molar-refractivity contribution in [2.24, 2.45) is 0 Å². The Kier molecular flexibility index (Phi) is 4.26. The lowest BCUT2D eigenvalue weighted by Gasteiger charge is -2.30. The van der Waals surface area contributed by atoms with Crippen molar-refractivity contribution >= 4 is 28.9 Å². The van der Waals surface area contributed by atoms with Crippen LogP contribution in [-0.4, -0.2) is 13.0 Å². The van der Waals surface area contributed by atoms with Gasteiger partial charge in [-0.15, -0.1) is 0 Å². The number of nitrogens with zero attached hydrogens (tertiary/aromatic N) is 1. The van der Waals surface area contributed by atoms with Crippen LogP contribution in [0.4, 0.5) is 15.8 Å². The Morgan fingerprint density at radius 2 is 2.09 bits per heavy atom. The molecule has 1 heterocycles. The lowest BCUT2D eigenvalue weighted by Crippen LogP contribution is -2.32. The average molecular weight is 333 g/mol. The van der Waals surface area contributed by atoms with Crippen molar-refractivity contribution in [3.63, 3.8) is 0 Å². The van der Waals surface area contributed by atoms with Gasteiger partial charge in [-0.3, -0.25) is 4.79 Å². The van der Waals surface area contributed by atoms with Crippen LogP contribution in [0.1, 0.15) is 30.4 Å². The lowest BCUT2D eigenvalue weighted by molar-refractivity contribution is -0.119. The average Bonchev–Trinajstić information content (AvgIpc) is 2.54. The van der Waals surface area contributed by atoms with Crippen LogP contribution in [0.2, 0.25) is 5.02 Å². The minimum atomic E-state index is -0.411. The number of carbonyl (C=O) groups excluding carboxylic acids is 1. The highest BCUT2D eigenvalue weighted by atomic mass is 35.5. The topological polar surface area (TPSA) is 32.3 Å². The molecule has 0 radical (unpaired) electrons. The molecule has 1 unspecified atom stereocenters. The third-order valence-corrected chi connectivity index (χ3v) is 4.55. The minimum absolute atomic E-state index is 0.128. The van der Waals surface area contributed by atoms with Gasteiger partial charge in [0.15, 0.2) is 0 Å². The van der Waals surface area contributed by atoms with Gasteiger partial charge in [-0.25, -0.2) is 4.39 Å². The zero-order valence-corrected chi connectivity index (χ0v) is 13.8. The maximum Gasteiger partial charge on any atom is 0.227 e. The summed E-state index contributed by atoms with van der Waals surface area (Å²) in [7, 11) is 1.81. The summed E-state index contributed by atoms with van der Waals surface area (Å²) in [6.07, 6.45) is 0.528. The van der Waals surface area contributed by atoms with Gasteiger partial charge in [0.2, 0.25) is 5.91 Å². The van der Waals surface area contributed by atoms with Crippen LogP contribution >= 0.6 is 11.6 Å². The summed E-state index contributed by atoms with van der Waals surface area (Å²) < 4.78 is 13.2. The molecule has 0 aliphatic carbocycles. The summed E-state index contributed by atoms with van der Waals surface area (Å²) in [5.41, 5.74) is 4.01. The van der Waals surface area contributed by atoms with Crippen molar-refractivity contribution in [2.75, 3.05) is 17.3 Å². The molecule has 2 aromatic rings. The smallest absolute Gasteiger partial charge is 0.227 e. The Morgan fingerprint density at radius 1 is 1.30 bits per heavy atom. The van der Waals surface area contributed by atoms with Crippen LogP contribution in [0.3, 0.4) is 0 Å². The Balaban J connectivity index is 1.78. The normalized spacial score (nSPS) is 17.1. The fourth-order valence-corrected chi connectivity index (χ4v) is 3.06. The summed E-state index contributed by atoms with van der Waals surface area (Å²) in [5.74, 6) is -0.0619. The van der Waals surface area contributed by atoms with E-state index in [1.807, 2.05) is 12.1 Å². The van der Waals surface area contributed by atoms with E-state index in [4.69, 9.17) is 11.6 Å².